The van der Waals surface area contributed by atoms with Crippen molar-refractivity contribution >= 4 is 17.2 Å². The molecule has 1 amide bonds. The third-order valence-corrected chi connectivity index (χ3v) is 4.05. The Hall–Kier alpha value is -1.62. The van der Waals surface area contributed by atoms with Gasteiger partial charge in [-0.3, -0.25) is 4.79 Å². The van der Waals surface area contributed by atoms with Crippen LogP contribution in [0.5, 0.6) is 0 Å². The second-order valence-corrected chi connectivity index (χ2v) is 6.29. The maximum atomic E-state index is 12.2. The van der Waals surface area contributed by atoms with Crippen LogP contribution in [0, 0.1) is 12.8 Å². The van der Waals surface area contributed by atoms with Crippen molar-refractivity contribution in [2.45, 2.75) is 26.8 Å². The number of hydrogen-bond acceptors (Lipinski definition) is 3. The number of aromatic nitrogens is 2. The summed E-state index contributed by atoms with van der Waals surface area (Å²) in [6.07, 6.45) is 3.65. The summed E-state index contributed by atoms with van der Waals surface area (Å²) >= 11 is 1.51. The first kappa shape index (κ1) is 13.8. The number of amides is 1. The fraction of sp³-hybridized carbons (Fsp3) is 0.429. The summed E-state index contributed by atoms with van der Waals surface area (Å²) in [5, 5.41) is 3.08. The molecule has 0 spiro atoms. The van der Waals surface area contributed by atoms with E-state index >= 15 is 0 Å². The van der Waals surface area contributed by atoms with Crippen LogP contribution in [0.25, 0.3) is 0 Å². The van der Waals surface area contributed by atoms with Crippen molar-refractivity contribution in [1.29, 1.82) is 0 Å². The lowest BCUT2D eigenvalue weighted by Crippen LogP contribution is -2.33. The highest BCUT2D eigenvalue weighted by molar-refractivity contribution is 7.13. The average molecular weight is 277 g/mol. The highest BCUT2D eigenvalue weighted by Crippen LogP contribution is 2.22. The van der Waals surface area contributed by atoms with Gasteiger partial charge in [-0.2, -0.15) is 0 Å². The summed E-state index contributed by atoms with van der Waals surface area (Å²) in [4.78, 5) is 18.5. The van der Waals surface area contributed by atoms with Crippen molar-refractivity contribution in [3.05, 3.63) is 40.1 Å². The molecule has 102 valence electrons. The fourth-order valence-corrected chi connectivity index (χ4v) is 2.75. The molecule has 0 saturated carbocycles. The number of carbonyl (C=O) groups is 1. The van der Waals surface area contributed by atoms with E-state index in [1.807, 2.05) is 36.9 Å². The number of thiophene rings is 1. The van der Waals surface area contributed by atoms with E-state index in [2.05, 4.69) is 24.1 Å². The molecule has 0 saturated heterocycles. The lowest BCUT2D eigenvalue weighted by Gasteiger charge is -2.21. The Labute approximate surface area is 117 Å². The van der Waals surface area contributed by atoms with Gasteiger partial charge in [0.2, 0.25) is 0 Å². The largest absolute Gasteiger partial charge is 0.341 e. The normalized spacial score (nSPS) is 12.7. The summed E-state index contributed by atoms with van der Waals surface area (Å²) in [6.45, 7) is 6.17. The Morgan fingerprint density at radius 2 is 2.16 bits per heavy atom. The first-order chi connectivity index (χ1) is 8.99. The lowest BCUT2D eigenvalue weighted by molar-refractivity contribution is 0.0926. The standard InChI is InChI=1S/C14H19N3OS/c1-9(2)12(13-15-7-8-17(13)4)16-14(18)11-6-5-10(3)19-11/h5-9,12H,1-4H3,(H,16,18). The molecule has 0 bridgehead atoms. The summed E-state index contributed by atoms with van der Waals surface area (Å²) in [5.74, 6) is 1.14. The molecular weight excluding hydrogens is 258 g/mol. The molecule has 1 atom stereocenters. The Kier molecular flexibility index (Phi) is 4.04. The van der Waals surface area contributed by atoms with Crippen molar-refractivity contribution in [1.82, 2.24) is 14.9 Å². The zero-order valence-electron chi connectivity index (χ0n) is 11.7. The van der Waals surface area contributed by atoms with Gasteiger partial charge in [-0.1, -0.05) is 13.8 Å². The number of carbonyl (C=O) groups excluding carboxylic acids is 1. The Morgan fingerprint density at radius 3 is 2.63 bits per heavy atom. The quantitative estimate of drug-likeness (QED) is 0.934. The van der Waals surface area contributed by atoms with Crippen LogP contribution in [0.3, 0.4) is 0 Å². The van der Waals surface area contributed by atoms with Gasteiger partial charge in [0, 0.05) is 24.3 Å². The molecule has 2 rings (SSSR count). The number of nitrogens with zero attached hydrogens (tertiary/aromatic N) is 2. The van der Waals surface area contributed by atoms with Crippen LogP contribution in [0.2, 0.25) is 0 Å². The van der Waals surface area contributed by atoms with Gasteiger partial charge in [-0.15, -0.1) is 11.3 Å². The third kappa shape index (κ3) is 3.04. The average Bonchev–Trinajstić information content (AvgIpc) is 2.94. The van der Waals surface area contributed by atoms with Gasteiger partial charge in [0.1, 0.15) is 5.82 Å². The highest BCUT2D eigenvalue weighted by Gasteiger charge is 2.23. The molecule has 0 aliphatic rings. The SMILES string of the molecule is Cc1ccc(C(=O)NC(c2nccn2C)C(C)C)s1. The van der Waals surface area contributed by atoms with Crippen molar-refractivity contribution < 1.29 is 4.79 Å². The van der Waals surface area contributed by atoms with E-state index in [1.54, 1.807) is 6.20 Å². The van der Waals surface area contributed by atoms with E-state index in [0.717, 1.165) is 15.6 Å². The van der Waals surface area contributed by atoms with E-state index in [1.165, 1.54) is 11.3 Å². The van der Waals surface area contributed by atoms with Crippen molar-refractivity contribution in [2.75, 3.05) is 0 Å². The predicted octanol–water partition coefficient (Wildman–Crippen LogP) is 2.92. The number of aryl methyl sites for hydroxylation is 2. The predicted molar refractivity (Wildman–Crippen MR) is 77.3 cm³/mol. The number of rotatable bonds is 4. The van der Waals surface area contributed by atoms with Crippen LogP contribution in [-0.2, 0) is 7.05 Å². The first-order valence-electron chi connectivity index (χ1n) is 6.33. The zero-order chi connectivity index (χ0) is 14.0. The number of hydrogen-bond donors (Lipinski definition) is 1. The van der Waals surface area contributed by atoms with Gasteiger partial charge < -0.3 is 9.88 Å². The van der Waals surface area contributed by atoms with Crippen molar-refractivity contribution in [2.24, 2.45) is 13.0 Å². The van der Waals surface area contributed by atoms with Crippen LogP contribution in [0.1, 0.15) is 40.3 Å². The van der Waals surface area contributed by atoms with E-state index < -0.39 is 0 Å². The molecule has 0 aromatic carbocycles. The highest BCUT2D eigenvalue weighted by atomic mass is 32.1. The van der Waals surface area contributed by atoms with Crippen LogP contribution in [-0.4, -0.2) is 15.5 Å². The molecule has 1 N–H and O–H groups in total. The van der Waals surface area contributed by atoms with Gasteiger partial charge in [-0.05, 0) is 25.0 Å². The Balaban J connectivity index is 2.18. The van der Waals surface area contributed by atoms with Crippen molar-refractivity contribution in [3.8, 4) is 0 Å². The third-order valence-electron chi connectivity index (χ3n) is 3.05. The van der Waals surface area contributed by atoms with E-state index in [-0.39, 0.29) is 17.9 Å². The van der Waals surface area contributed by atoms with Gasteiger partial charge in [0.25, 0.3) is 5.91 Å². The minimum absolute atomic E-state index is 0.0280. The summed E-state index contributed by atoms with van der Waals surface area (Å²) in [5.41, 5.74) is 0. The van der Waals surface area contributed by atoms with Crippen LogP contribution in [0.4, 0.5) is 0 Å². The second-order valence-electron chi connectivity index (χ2n) is 5.00. The van der Waals surface area contributed by atoms with Gasteiger partial charge in [0.05, 0.1) is 10.9 Å². The molecular formula is C14H19N3OS. The zero-order valence-corrected chi connectivity index (χ0v) is 12.5. The Morgan fingerprint density at radius 1 is 1.42 bits per heavy atom. The number of imidazole rings is 1. The molecule has 0 radical (unpaired) electrons. The summed E-state index contributed by atoms with van der Waals surface area (Å²) < 4.78 is 1.95. The molecule has 19 heavy (non-hydrogen) atoms. The molecule has 2 aromatic rings. The monoisotopic (exact) mass is 277 g/mol. The first-order valence-corrected chi connectivity index (χ1v) is 7.15. The lowest BCUT2D eigenvalue weighted by atomic mass is 10.0. The maximum absolute atomic E-state index is 12.2. The van der Waals surface area contributed by atoms with Gasteiger partial charge >= 0.3 is 0 Å². The molecule has 4 nitrogen and oxygen atoms in total. The van der Waals surface area contributed by atoms with Gasteiger partial charge in [0.15, 0.2) is 0 Å². The molecule has 1 unspecified atom stereocenters. The molecule has 2 heterocycles. The van der Waals surface area contributed by atoms with Crippen LogP contribution >= 0.6 is 11.3 Å². The smallest absolute Gasteiger partial charge is 0.261 e. The van der Waals surface area contributed by atoms with Gasteiger partial charge in [-0.25, -0.2) is 4.98 Å². The fourth-order valence-electron chi connectivity index (χ4n) is 1.98. The van der Waals surface area contributed by atoms with E-state index in [9.17, 15) is 4.79 Å². The molecule has 0 aliphatic heterocycles. The summed E-state index contributed by atoms with van der Waals surface area (Å²) in [6, 6.07) is 3.76. The minimum Gasteiger partial charge on any atom is -0.341 e. The van der Waals surface area contributed by atoms with Crippen molar-refractivity contribution in [3.63, 3.8) is 0 Å². The minimum atomic E-state index is -0.0742. The number of nitrogens with one attached hydrogen (secondary N) is 1. The van der Waals surface area contributed by atoms with Crippen LogP contribution in [0.15, 0.2) is 24.5 Å². The van der Waals surface area contributed by atoms with E-state index in [4.69, 9.17) is 0 Å². The van der Waals surface area contributed by atoms with Crippen LogP contribution < -0.4 is 5.32 Å². The summed E-state index contributed by atoms with van der Waals surface area (Å²) in [7, 11) is 1.94. The van der Waals surface area contributed by atoms with E-state index in [0.29, 0.717) is 0 Å². The Bertz CT molecular complexity index is 571. The molecule has 2 aromatic heterocycles. The maximum Gasteiger partial charge on any atom is 0.261 e. The second kappa shape index (κ2) is 5.57. The topological polar surface area (TPSA) is 46.9 Å². The molecule has 5 heteroatoms. The molecule has 0 aliphatic carbocycles. The molecule has 0 fully saturated rings.